The van der Waals surface area contributed by atoms with Gasteiger partial charge in [0.15, 0.2) is 0 Å². The SMILES string of the molecule is CC(C)C(NC(=O)CC(=O)NCC(F)(F)F)C(=O)O. The molecule has 9 heteroatoms. The molecule has 0 aliphatic rings. The van der Waals surface area contributed by atoms with Crippen LogP contribution in [-0.4, -0.2) is 41.7 Å². The van der Waals surface area contributed by atoms with Crippen LogP contribution in [0.4, 0.5) is 13.2 Å². The van der Waals surface area contributed by atoms with E-state index in [1.54, 1.807) is 13.8 Å². The molecule has 1 atom stereocenters. The van der Waals surface area contributed by atoms with Crippen LogP contribution in [0.15, 0.2) is 0 Å². The van der Waals surface area contributed by atoms with Crippen molar-refractivity contribution in [1.82, 2.24) is 10.6 Å². The molecule has 0 fully saturated rings. The number of carbonyl (C=O) groups excluding carboxylic acids is 2. The van der Waals surface area contributed by atoms with Crippen molar-refractivity contribution in [3.05, 3.63) is 0 Å². The molecule has 1 unspecified atom stereocenters. The lowest BCUT2D eigenvalue weighted by atomic mass is 10.0. The summed E-state index contributed by atoms with van der Waals surface area (Å²) in [4.78, 5) is 33.0. The molecule has 19 heavy (non-hydrogen) atoms. The van der Waals surface area contributed by atoms with E-state index < -0.39 is 48.9 Å². The predicted octanol–water partition coefficient (Wildman–Crippen LogP) is 0.280. The van der Waals surface area contributed by atoms with E-state index in [1.807, 2.05) is 0 Å². The molecule has 2 amide bonds. The summed E-state index contributed by atoms with van der Waals surface area (Å²) in [5.41, 5.74) is 0. The molecule has 0 aliphatic heterocycles. The highest BCUT2D eigenvalue weighted by atomic mass is 19.4. The van der Waals surface area contributed by atoms with Gasteiger partial charge in [0.1, 0.15) is 19.0 Å². The number of carboxylic acid groups (broad SMARTS) is 1. The van der Waals surface area contributed by atoms with E-state index in [2.05, 4.69) is 5.32 Å². The second kappa shape index (κ2) is 6.95. The quantitative estimate of drug-likeness (QED) is 0.610. The molecule has 0 aromatic rings. The van der Waals surface area contributed by atoms with Crippen LogP contribution in [0, 0.1) is 5.92 Å². The highest BCUT2D eigenvalue weighted by Gasteiger charge is 2.29. The number of hydrogen-bond donors (Lipinski definition) is 3. The minimum Gasteiger partial charge on any atom is -0.480 e. The largest absolute Gasteiger partial charge is 0.480 e. The minimum atomic E-state index is -4.56. The number of aliphatic carboxylic acids is 1. The fourth-order valence-electron chi connectivity index (χ4n) is 1.15. The van der Waals surface area contributed by atoms with Gasteiger partial charge in [-0.3, -0.25) is 9.59 Å². The van der Waals surface area contributed by atoms with Crippen molar-refractivity contribution in [2.75, 3.05) is 6.54 Å². The van der Waals surface area contributed by atoms with E-state index in [1.165, 1.54) is 5.32 Å². The maximum absolute atomic E-state index is 11.8. The number of hydrogen-bond acceptors (Lipinski definition) is 3. The summed E-state index contributed by atoms with van der Waals surface area (Å²) >= 11 is 0. The average Bonchev–Trinajstić information content (AvgIpc) is 2.21. The Morgan fingerprint density at radius 2 is 1.68 bits per heavy atom. The standard InChI is InChI=1S/C10H15F3N2O4/c1-5(2)8(9(18)19)15-7(17)3-6(16)14-4-10(11,12)13/h5,8H,3-4H2,1-2H3,(H,14,16)(H,15,17)(H,18,19). The number of rotatable bonds is 6. The van der Waals surface area contributed by atoms with Crippen LogP contribution < -0.4 is 10.6 Å². The van der Waals surface area contributed by atoms with Crippen molar-refractivity contribution in [2.24, 2.45) is 5.92 Å². The first-order valence-corrected chi connectivity index (χ1v) is 5.38. The van der Waals surface area contributed by atoms with Crippen LogP contribution in [0.2, 0.25) is 0 Å². The average molecular weight is 284 g/mol. The maximum Gasteiger partial charge on any atom is 0.405 e. The first-order valence-electron chi connectivity index (χ1n) is 5.38. The number of carbonyl (C=O) groups is 3. The van der Waals surface area contributed by atoms with Gasteiger partial charge < -0.3 is 15.7 Å². The third-order valence-electron chi connectivity index (χ3n) is 2.06. The van der Waals surface area contributed by atoms with E-state index in [4.69, 9.17) is 5.11 Å². The summed E-state index contributed by atoms with van der Waals surface area (Å²) < 4.78 is 35.3. The van der Waals surface area contributed by atoms with Gasteiger partial charge in [-0.15, -0.1) is 0 Å². The molecule has 110 valence electrons. The lowest BCUT2D eigenvalue weighted by molar-refractivity contribution is -0.145. The summed E-state index contributed by atoms with van der Waals surface area (Å²) in [7, 11) is 0. The predicted molar refractivity (Wildman–Crippen MR) is 58.1 cm³/mol. The van der Waals surface area contributed by atoms with Crippen LogP contribution in [0.25, 0.3) is 0 Å². The van der Waals surface area contributed by atoms with Crippen LogP contribution in [-0.2, 0) is 14.4 Å². The Balaban J connectivity index is 4.23. The Kier molecular flexibility index (Phi) is 6.30. The first kappa shape index (κ1) is 17.2. The summed E-state index contributed by atoms with van der Waals surface area (Å²) in [6, 6.07) is -1.19. The molecule has 0 radical (unpaired) electrons. The van der Waals surface area contributed by atoms with Crippen LogP contribution in [0.1, 0.15) is 20.3 Å². The number of alkyl halides is 3. The second-order valence-corrected chi connectivity index (χ2v) is 4.20. The Bertz CT molecular complexity index is 355. The maximum atomic E-state index is 11.8. The molecule has 0 saturated carbocycles. The smallest absolute Gasteiger partial charge is 0.405 e. The number of carboxylic acids is 1. The van der Waals surface area contributed by atoms with Crippen LogP contribution >= 0.6 is 0 Å². The zero-order valence-corrected chi connectivity index (χ0v) is 10.4. The van der Waals surface area contributed by atoms with Crippen LogP contribution in [0.3, 0.4) is 0 Å². The topological polar surface area (TPSA) is 95.5 Å². The highest BCUT2D eigenvalue weighted by Crippen LogP contribution is 2.12. The summed E-state index contributed by atoms with van der Waals surface area (Å²) in [6.07, 6.45) is -5.42. The van der Waals surface area contributed by atoms with E-state index in [9.17, 15) is 27.6 Å². The normalized spacial score (nSPS) is 12.9. The van der Waals surface area contributed by atoms with Gasteiger partial charge in [-0.05, 0) is 5.92 Å². The minimum absolute atomic E-state index is 0.417. The summed E-state index contributed by atoms with van der Waals surface area (Å²) in [6.45, 7) is 1.55. The highest BCUT2D eigenvalue weighted by molar-refractivity contribution is 5.98. The Hall–Kier alpha value is -1.80. The molecule has 0 rings (SSSR count). The van der Waals surface area contributed by atoms with Crippen molar-refractivity contribution in [3.8, 4) is 0 Å². The second-order valence-electron chi connectivity index (χ2n) is 4.20. The monoisotopic (exact) mass is 284 g/mol. The first-order chi connectivity index (χ1) is 8.53. The Morgan fingerprint density at radius 1 is 1.16 bits per heavy atom. The number of nitrogens with one attached hydrogen (secondary N) is 2. The molecule has 6 nitrogen and oxygen atoms in total. The van der Waals surface area contributed by atoms with Crippen LogP contribution in [0.5, 0.6) is 0 Å². The van der Waals surface area contributed by atoms with Crippen molar-refractivity contribution < 1.29 is 32.7 Å². The van der Waals surface area contributed by atoms with E-state index >= 15 is 0 Å². The van der Waals surface area contributed by atoms with Gasteiger partial charge in [0.05, 0.1) is 0 Å². The third kappa shape index (κ3) is 8.01. The molecule has 0 aromatic carbocycles. The van der Waals surface area contributed by atoms with Crippen molar-refractivity contribution in [2.45, 2.75) is 32.5 Å². The Morgan fingerprint density at radius 3 is 2.05 bits per heavy atom. The molecule has 0 saturated heterocycles. The van der Waals surface area contributed by atoms with E-state index in [0.29, 0.717) is 0 Å². The van der Waals surface area contributed by atoms with Crippen molar-refractivity contribution in [3.63, 3.8) is 0 Å². The molecule has 3 N–H and O–H groups in total. The molecule has 0 aliphatic carbocycles. The lowest BCUT2D eigenvalue weighted by Crippen LogP contribution is -2.46. The molecule has 0 spiro atoms. The zero-order chi connectivity index (χ0) is 15.2. The van der Waals surface area contributed by atoms with E-state index in [0.717, 1.165) is 0 Å². The van der Waals surface area contributed by atoms with Gasteiger partial charge in [0, 0.05) is 0 Å². The van der Waals surface area contributed by atoms with Gasteiger partial charge >= 0.3 is 12.1 Å². The summed E-state index contributed by atoms with van der Waals surface area (Å²) in [5, 5.41) is 12.3. The molecular formula is C10H15F3N2O4. The van der Waals surface area contributed by atoms with Gasteiger partial charge in [0.25, 0.3) is 0 Å². The van der Waals surface area contributed by atoms with Gasteiger partial charge in [-0.25, -0.2) is 4.79 Å². The number of amides is 2. The fraction of sp³-hybridized carbons (Fsp3) is 0.700. The number of halogens is 3. The third-order valence-corrected chi connectivity index (χ3v) is 2.06. The Labute approximate surface area is 107 Å². The van der Waals surface area contributed by atoms with Crippen molar-refractivity contribution >= 4 is 17.8 Å². The fourth-order valence-corrected chi connectivity index (χ4v) is 1.15. The van der Waals surface area contributed by atoms with E-state index in [-0.39, 0.29) is 0 Å². The summed E-state index contributed by atoms with van der Waals surface area (Å²) in [5.74, 6) is -3.76. The molecule has 0 bridgehead atoms. The van der Waals surface area contributed by atoms with Gasteiger partial charge in [-0.2, -0.15) is 13.2 Å². The lowest BCUT2D eigenvalue weighted by Gasteiger charge is -2.17. The molecular weight excluding hydrogens is 269 g/mol. The zero-order valence-electron chi connectivity index (χ0n) is 10.4. The molecule has 0 heterocycles. The van der Waals surface area contributed by atoms with Crippen molar-refractivity contribution in [1.29, 1.82) is 0 Å². The van der Waals surface area contributed by atoms with Gasteiger partial charge in [0.2, 0.25) is 11.8 Å². The molecule has 0 aromatic heterocycles. The van der Waals surface area contributed by atoms with Gasteiger partial charge in [-0.1, -0.05) is 13.8 Å².